The highest BCUT2D eigenvalue weighted by molar-refractivity contribution is 6.05. The molecule has 2 aromatic carbocycles. The van der Waals surface area contributed by atoms with Gasteiger partial charge in [0, 0.05) is 17.7 Å². The molecule has 4 N–H and O–H groups in total. The molecule has 1 amide bonds. The van der Waals surface area contributed by atoms with Crippen molar-refractivity contribution < 1.29 is 14.9 Å². The van der Waals surface area contributed by atoms with Crippen molar-refractivity contribution in [3.05, 3.63) is 59.0 Å². The first-order valence-electron chi connectivity index (χ1n) is 5.50. The van der Waals surface area contributed by atoms with Gasteiger partial charge in [0.05, 0.1) is 16.3 Å². The summed E-state index contributed by atoms with van der Waals surface area (Å²) in [5, 5.41) is 11.3. The van der Waals surface area contributed by atoms with E-state index in [4.69, 9.17) is 10.9 Å². The molecule has 2 rings (SSSR count). The standard InChI is InChI=1S/C13H11N3O3/c14-11-3-1-2-4-12(11)15-13(17)9-5-7-10(8-6-9)16(18)19/h1-8H,14H2,(H-,15,17,18,19)/p+1. The van der Waals surface area contributed by atoms with Crippen molar-refractivity contribution in [1.29, 1.82) is 0 Å². The molecule has 0 radical (unpaired) electrons. The van der Waals surface area contributed by atoms with Crippen molar-refractivity contribution >= 4 is 23.0 Å². The van der Waals surface area contributed by atoms with Crippen LogP contribution in [0, 0.1) is 4.91 Å². The first-order chi connectivity index (χ1) is 9.08. The lowest BCUT2D eigenvalue weighted by Crippen LogP contribution is -2.13. The van der Waals surface area contributed by atoms with Gasteiger partial charge in [0.15, 0.2) is 0 Å². The first kappa shape index (κ1) is 12.6. The first-order valence-corrected chi connectivity index (χ1v) is 5.50. The highest BCUT2D eigenvalue weighted by Gasteiger charge is 2.13. The second-order valence-electron chi connectivity index (χ2n) is 3.86. The second-order valence-corrected chi connectivity index (χ2v) is 3.86. The molecule has 0 saturated heterocycles. The van der Waals surface area contributed by atoms with Crippen LogP contribution in [0.2, 0.25) is 0 Å². The van der Waals surface area contributed by atoms with Crippen LogP contribution in [-0.4, -0.2) is 16.0 Å². The number of anilines is 2. The zero-order chi connectivity index (χ0) is 13.8. The monoisotopic (exact) mass is 258 g/mol. The Bertz CT molecular complexity index is 623. The summed E-state index contributed by atoms with van der Waals surface area (Å²) in [7, 11) is 0. The number of nitrogens with zero attached hydrogens (tertiary/aromatic N) is 1. The molecule has 0 aliphatic rings. The third kappa shape index (κ3) is 2.86. The largest absolute Gasteiger partial charge is 0.397 e. The van der Waals surface area contributed by atoms with Crippen LogP contribution < -0.4 is 11.1 Å². The molecule has 0 spiro atoms. The van der Waals surface area contributed by atoms with Crippen molar-refractivity contribution in [2.75, 3.05) is 11.1 Å². The van der Waals surface area contributed by atoms with Crippen molar-refractivity contribution in [3.8, 4) is 0 Å². The number of amides is 1. The van der Waals surface area contributed by atoms with Crippen LogP contribution in [0.5, 0.6) is 0 Å². The molecule has 6 nitrogen and oxygen atoms in total. The third-order valence-electron chi connectivity index (χ3n) is 2.56. The lowest BCUT2D eigenvalue weighted by Gasteiger charge is -2.07. The van der Waals surface area contributed by atoms with Gasteiger partial charge in [-0.25, -0.2) is 5.21 Å². The number of hydrogen-bond donors (Lipinski definition) is 3. The normalized spacial score (nSPS) is 9.89. The Morgan fingerprint density at radius 1 is 1.11 bits per heavy atom. The van der Waals surface area contributed by atoms with Crippen molar-refractivity contribution in [2.24, 2.45) is 0 Å². The quantitative estimate of drug-likeness (QED) is 0.581. The summed E-state index contributed by atoms with van der Waals surface area (Å²) >= 11 is 0. The van der Waals surface area contributed by atoms with Crippen LogP contribution in [0.3, 0.4) is 0 Å². The fraction of sp³-hybridized carbons (Fsp3) is 0. The number of carbonyl (C=O) groups is 1. The fourth-order valence-electron chi connectivity index (χ4n) is 1.55. The van der Waals surface area contributed by atoms with Gasteiger partial charge >= 0.3 is 5.69 Å². The Labute approximate surface area is 109 Å². The van der Waals surface area contributed by atoms with Gasteiger partial charge in [0.25, 0.3) is 10.8 Å². The number of nitrogen functional groups attached to an aromatic ring is 1. The number of hydrogen-bond acceptors (Lipinski definition) is 3. The van der Waals surface area contributed by atoms with Crippen molar-refractivity contribution in [1.82, 2.24) is 0 Å². The van der Waals surface area contributed by atoms with E-state index in [-0.39, 0.29) is 16.5 Å². The summed E-state index contributed by atoms with van der Waals surface area (Å²) < 4.78 is 0. The summed E-state index contributed by atoms with van der Waals surface area (Å²) in [6, 6.07) is 12.5. The van der Waals surface area contributed by atoms with Gasteiger partial charge in [-0.3, -0.25) is 4.79 Å². The van der Waals surface area contributed by atoms with E-state index >= 15 is 0 Å². The summed E-state index contributed by atoms with van der Waals surface area (Å²) in [5.41, 5.74) is 7.11. The highest BCUT2D eigenvalue weighted by atomic mass is 16.6. The van der Waals surface area contributed by atoms with E-state index in [1.54, 1.807) is 24.3 Å². The lowest BCUT2D eigenvalue weighted by molar-refractivity contribution is -0.729. The summed E-state index contributed by atoms with van der Waals surface area (Å²) in [6.07, 6.45) is 0. The van der Waals surface area contributed by atoms with Gasteiger partial charge in [-0.15, -0.1) is 0 Å². The van der Waals surface area contributed by atoms with E-state index in [1.165, 1.54) is 24.3 Å². The SMILES string of the molecule is Nc1ccccc1NC(=O)c1ccc([N+](=O)O)cc1. The average Bonchev–Trinajstić information content (AvgIpc) is 2.41. The number of nitrogens with one attached hydrogen (secondary N) is 1. The lowest BCUT2D eigenvalue weighted by atomic mass is 10.2. The van der Waals surface area contributed by atoms with Gasteiger partial charge in [-0.05, 0) is 24.3 Å². The molecule has 0 bridgehead atoms. The minimum Gasteiger partial charge on any atom is -0.397 e. The van der Waals surface area contributed by atoms with E-state index in [0.29, 0.717) is 16.9 Å². The minimum atomic E-state index is -0.347. The van der Waals surface area contributed by atoms with Crippen LogP contribution >= 0.6 is 0 Å². The van der Waals surface area contributed by atoms with Gasteiger partial charge in [0.1, 0.15) is 0 Å². The number of para-hydroxylation sites is 2. The number of carbonyl (C=O) groups excluding carboxylic acids is 1. The summed E-state index contributed by atoms with van der Waals surface area (Å²) in [6.45, 7) is 0. The van der Waals surface area contributed by atoms with E-state index < -0.39 is 0 Å². The van der Waals surface area contributed by atoms with E-state index in [0.717, 1.165) is 0 Å². The zero-order valence-corrected chi connectivity index (χ0v) is 9.91. The minimum absolute atomic E-state index is 0.0516. The van der Waals surface area contributed by atoms with Gasteiger partial charge in [-0.2, -0.15) is 0 Å². The maximum atomic E-state index is 11.9. The maximum absolute atomic E-state index is 11.9. The smallest absolute Gasteiger partial charge is 0.316 e. The molecule has 2 aromatic rings. The Hall–Kier alpha value is -2.89. The van der Waals surface area contributed by atoms with Crippen molar-refractivity contribution in [3.63, 3.8) is 0 Å². The van der Waals surface area contributed by atoms with Gasteiger partial charge in [0.2, 0.25) is 0 Å². The number of nitrogens with two attached hydrogens (primary N) is 1. The summed E-state index contributed by atoms with van der Waals surface area (Å²) in [5.74, 6) is -0.347. The zero-order valence-electron chi connectivity index (χ0n) is 9.91. The molecule has 0 aliphatic heterocycles. The number of benzene rings is 2. The van der Waals surface area contributed by atoms with Crippen LogP contribution in [0.4, 0.5) is 17.1 Å². The maximum Gasteiger partial charge on any atom is 0.316 e. The molecular formula is C13H12N3O3+. The predicted octanol–water partition coefficient (Wildman–Crippen LogP) is 2.32. The Balaban J connectivity index is 2.16. The highest BCUT2D eigenvalue weighted by Crippen LogP contribution is 2.18. The molecule has 0 fully saturated rings. The van der Waals surface area contributed by atoms with Crippen LogP contribution in [0.15, 0.2) is 48.5 Å². The third-order valence-corrected chi connectivity index (χ3v) is 2.56. The van der Waals surface area contributed by atoms with Crippen molar-refractivity contribution in [2.45, 2.75) is 0 Å². The Kier molecular flexibility index (Phi) is 3.42. The molecule has 6 heteroatoms. The molecule has 0 unspecified atom stereocenters. The van der Waals surface area contributed by atoms with Gasteiger partial charge in [-0.1, -0.05) is 12.1 Å². The topological polar surface area (TPSA) is 95.4 Å². The fourth-order valence-corrected chi connectivity index (χ4v) is 1.55. The number of rotatable bonds is 3. The molecule has 0 heterocycles. The van der Waals surface area contributed by atoms with E-state index in [9.17, 15) is 9.70 Å². The van der Waals surface area contributed by atoms with Gasteiger partial charge < -0.3 is 11.1 Å². The Morgan fingerprint density at radius 2 is 1.74 bits per heavy atom. The molecule has 0 aliphatic carbocycles. The molecule has 96 valence electrons. The molecule has 0 atom stereocenters. The average molecular weight is 258 g/mol. The Morgan fingerprint density at radius 3 is 2.32 bits per heavy atom. The van der Waals surface area contributed by atoms with E-state index in [1.807, 2.05) is 0 Å². The molecule has 0 saturated carbocycles. The summed E-state index contributed by atoms with van der Waals surface area (Å²) in [4.78, 5) is 22.3. The van der Waals surface area contributed by atoms with Crippen LogP contribution in [0.1, 0.15) is 10.4 Å². The van der Waals surface area contributed by atoms with Crippen LogP contribution in [-0.2, 0) is 0 Å². The predicted molar refractivity (Wildman–Crippen MR) is 70.3 cm³/mol. The van der Waals surface area contributed by atoms with E-state index in [2.05, 4.69) is 5.32 Å². The second kappa shape index (κ2) is 5.18. The molecule has 0 aromatic heterocycles. The molecule has 19 heavy (non-hydrogen) atoms. The molecular weight excluding hydrogens is 246 g/mol. The van der Waals surface area contributed by atoms with Crippen LogP contribution in [0.25, 0.3) is 0 Å².